The van der Waals surface area contributed by atoms with Crippen molar-refractivity contribution in [2.24, 2.45) is 5.92 Å². The Hall–Kier alpha value is -0.930. The van der Waals surface area contributed by atoms with E-state index < -0.39 is 0 Å². The highest BCUT2D eigenvalue weighted by Crippen LogP contribution is 2.35. The van der Waals surface area contributed by atoms with Gasteiger partial charge >= 0.3 is 0 Å². The summed E-state index contributed by atoms with van der Waals surface area (Å²) >= 11 is 6.06. The largest absolute Gasteiger partial charge is 0.503 e. The number of hydrogen-bond donors (Lipinski definition) is 1. The molecule has 0 amide bonds. The molecule has 0 bridgehead atoms. The van der Waals surface area contributed by atoms with Gasteiger partial charge in [0, 0.05) is 6.54 Å². The number of phenols is 1. The molecule has 1 aromatic rings. The number of benzene rings is 1. The van der Waals surface area contributed by atoms with Gasteiger partial charge in [0.2, 0.25) is 0 Å². The van der Waals surface area contributed by atoms with E-state index in [-0.39, 0.29) is 5.75 Å². The molecule has 21 heavy (non-hydrogen) atoms. The summed E-state index contributed by atoms with van der Waals surface area (Å²) in [6.45, 7) is 5.43. The van der Waals surface area contributed by atoms with Crippen LogP contribution in [-0.4, -0.2) is 30.2 Å². The van der Waals surface area contributed by atoms with Gasteiger partial charge in [0.05, 0.1) is 12.1 Å². The van der Waals surface area contributed by atoms with Crippen LogP contribution in [0.5, 0.6) is 11.5 Å². The molecule has 4 heteroatoms. The summed E-state index contributed by atoms with van der Waals surface area (Å²) in [4.78, 5) is 2.48. The highest BCUT2D eigenvalue weighted by atomic mass is 35.5. The second-order valence-corrected chi connectivity index (χ2v) is 6.40. The minimum Gasteiger partial charge on any atom is -0.503 e. The normalized spacial score (nSPS) is 20.2. The van der Waals surface area contributed by atoms with Gasteiger partial charge in [-0.05, 0) is 56.0 Å². The molecule has 0 aliphatic carbocycles. The second-order valence-electron chi connectivity index (χ2n) is 5.99. The summed E-state index contributed by atoms with van der Waals surface area (Å²) in [5.41, 5.74) is 1.10. The number of nitrogens with zero attached hydrogens (tertiary/aromatic N) is 1. The van der Waals surface area contributed by atoms with Gasteiger partial charge in [-0.3, -0.25) is 4.90 Å². The zero-order valence-electron chi connectivity index (χ0n) is 13.1. The molecule has 1 atom stereocenters. The zero-order valence-corrected chi connectivity index (χ0v) is 13.8. The van der Waals surface area contributed by atoms with E-state index in [9.17, 15) is 5.11 Å². The topological polar surface area (TPSA) is 32.7 Å². The Balaban J connectivity index is 2.00. The summed E-state index contributed by atoms with van der Waals surface area (Å²) in [5, 5.41) is 10.2. The molecule has 1 saturated heterocycles. The molecule has 1 unspecified atom stereocenters. The van der Waals surface area contributed by atoms with Gasteiger partial charge in [-0.1, -0.05) is 31.4 Å². The third-order valence-electron chi connectivity index (χ3n) is 4.35. The number of aromatic hydroxyl groups is 1. The number of likely N-dealkylation sites (tertiary alicyclic amines) is 1. The molecule has 1 aromatic carbocycles. The van der Waals surface area contributed by atoms with Crippen LogP contribution in [0.3, 0.4) is 0 Å². The third kappa shape index (κ3) is 4.52. The Morgan fingerprint density at radius 3 is 2.86 bits per heavy atom. The highest BCUT2D eigenvalue weighted by molar-refractivity contribution is 6.32. The Labute approximate surface area is 132 Å². The van der Waals surface area contributed by atoms with Gasteiger partial charge in [-0.15, -0.1) is 0 Å². The molecular formula is C17H26ClNO2. The van der Waals surface area contributed by atoms with Crippen molar-refractivity contribution in [3.8, 4) is 11.5 Å². The van der Waals surface area contributed by atoms with Crippen LogP contribution in [-0.2, 0) is 6.54 Å². The summed E-state index contributed by atoms with van der Waals surface area (Å²) in [5.74, 6) is 1.37. The standard InChI is InChI=1S/C17H26ClNO2/c1-3-5-13-6-4-8-19(9-7-13)12-14-10-15(18)17(20)16(11-14)21-2/h10-11,13,20H,3-9,12H2,1-2H3. The van der Waals surface area contributed by atoms with Crippen molar-refractivity contribution in [1.29, 1.82) is 0 Å². The maximum absolute atomic E-state index is 9.80. The van der Waals surface area contributed by atoms with E-state index in [1.54, 1.807) is 7.11 Å². The third-order valence-corrected chi connectivity index (χ3v) is 4.64. The SMILES string of the molecule is CCCC1CCCN(Cc2cc(Cl)c(O)c(OC)c2)CC1. The molecule has 1 aliphatic rings. The lowest BCUT2D eigenvalue weighted by atomic mass is 9.96. The fourth-order valence-electron chi connectivity index (χ4n) is 3.21. The van der Waals surface area contributed by atoms with E-state index >= 15 is 0 Å². The van der Waals surface area contributed by atoms with Crippen molar-refractivity contribution in [3.05, 3.63) is 22.7 Å². The summed E-state index contributed by atoms with van der Waals surface area (Å²) in [6.07, 6.45) is 6.55. The first kappa shape index (κ1) is 16.4. The summed E-state index contributed by atoms with van der Waals surface area (Å²) < 4.78 is 5.18. The molecule has 2 rings (SSSR count). The fourth-order valence-corrected chi connectivity index (χ4v) is 3.45. The molecule has 0 saturated carbocycles. The number of halogens is 1. The van der Waals surface area contributed by atoms with E-state index in [2.05, 4.69) is 11.8 Å². The smallest absolute Gasteiger partial charge is 0.176 e. The minimum atomic E-state index is 0.0294. The molecule has 0 aromatic heterocycles. The Kier molecular flexibility index (Phi) is 6.19. The van der Waals surface area contributed by atoms with Crippen molar-refractivity contribution in [1.82, 2.24) is 4.90 Å². The Morgan fingerprint density at radius 1 is 1.33 bits per heavy atom. The number of phenolic OH excluding ortho intramolecular Hbond substituents is 1. The first-order valence-corrected chi connectivity index (χ1v) is 8.29. The van der Waals surface area contributed by atoms with Gasteiger partial charge in [-0.25, -0.2) is 0 Å². The van der Waals surface area contributed by atoms with Crippen LogP contribution in [0.2, 0.25) is 5.02 Å². The lowest BCUT2D eigenvalue weighted by molar-refractivity contribution is 0.270. The van der Waals surface area contributed by atoms with E-state index in [1.165, 1.54) is 32.1 Å². The van der Waals surface area contributed by atoms with Gasteiger partial charge < -0.3 is 9.84 Å². The van der Waals surface area contributed by atoms with E-state index in [1.807, 2.05) is 12.1 Å². The van der Waals surface area contributed by atoms with Gasteiger partial charge in [0.1, 0.15) is 0 Å². The first-order chi connectivity index (χ1) is 10.1. The van der Waals surface area contributed by atoms with Crippen LogP contribution in [0.4, 0.5) is 0 Å². The molecule has 118 valence electrons. The maximum Gasteiger partial charge on any atom is 0.176 e. The Bertz CT molecular complexity index is 464. The lowest BCUT2D eigenvalue weighted by Gasteiger charge is -2.21. The van der Waals surface area contributed by atoms with Crippen molar-refractivity contribution < 1.29 is 9.84 Å². The lowest BCUT2D eigenvalue weighted by Crippen LogP contribution is -2.24. The van der Waals surface area contributed by atoms with Gasteiger partial charge in [0.25, 0.3) is 0 Å². The van der Waals surface area contributed by atoms with Crippen molar-refractivity contribution >= 4 is 11.6 Å². The van der Waals surface area contributed by atoms with Crippen molar-refractivity contribution in [3.63, 3.8) is 0 Å². The summed E-state index contributed by atoms with van der Waals surface area (Å²) in [6, 6.07) is 3.73. The van der Waals surface area contributed by atoms with E-state index in [4.69, 9.17) is 16.3 Å². The second kappa shape index (κ2) is 7.90. The fraction of sp³-hybridized carbons (Fsp3) is 0.647. The molecule has 3 nitrogen and oxygen atoms in total. The van der Waals surface area contributed by atoms with Crippen LogP contribution < -0.4 is 4.74 Å². The van der Waals surface area contributed by atoms with Gasteiger partial charge in [-0.2, -0.15) is 0 Å². The monoisotopic (exact) mass is 311 g/mol. The van der Waals surface area contributed by atoms with Crippen LogP contribution in [0.1, 0.15) is 44.6 Å². The predicted octanol–water partition coefficient (Wildman–Crippen LogP) is 4.46. The van der Waals surface area contributed by atoms with Crippen molar-refractivity contribution in [2.75, 3.05) is 20.2 Å². The first-order valence-electron chi connectivity index (χ1n) is 7.91. The molecule has 1 aliphatic heterocycles. The molecule has 1 fully saturated rings. The number of ether oxygens (including phenoxy) is 1. The predicted molar refractivity (Wildman–Crippen MR) is 87.2 cm³/mol. The van der Waals surface area contributed by atoms with Crippen molar-refractivity contribution in [2.45, 2.75) is 45.6 Å². The van der Waals surface area contributed by atoms with Gasteiger partial charge in [0.15, 0.2) is 11.5 Å². The number of methoxy groups -OCH3 is 1. The molecule has 1 heterocycles. The van der Waals surface area contributed by atoms with Crippen LogP contribution in [0.25, 0.3) is 0 Å². The average Bonchev–Trinajstić information content (AvgIpc) is 2.69. The summed E-state index contributed by atoms with van der Waals surface area (Å²) in [7, 11) is 1.55. The average molecular weight is 312 g/mol. The minimum absolute atomic E-state index is 0.0294. The quantitative estimate of drug-likeness (QED) is 0.871. The Morgan fingerprint density at radius 2 is 2.14 bits per heavy atom. The molecule has 0 spiro atoms. The van der Waals surface area contributed by atoms with E-state index in [0.29, 0.717) is 10.8 Å². The number of hydrogen-bond acceptors (Lipinski definition) is 3. The number of rotatable bonds is 5. The highest BCUT2D eigenvalue weighted by Gasteiger charge is 2.17. The van der Waals surface area contributed by atoms with Crippen LogP contribution in [0.15, 0.2) is 12.1 Å². The van der Waals surface area contributed by atoms with E-state index in [0.717, 1.165) is 31.1 Å². The van der Waals surface area contributed by atoms with Crippen LogP contribution in [0, 0.1) is 5.92 Å². The maximum atomic E-state index is 9.80. The zero-order chi connectivity index (χ0) is 15.2. The molecule has 1 N–H and O–H groups in total. The molecular weight excluding hydrogens is 286 g/mol. The van der Waals surface area contributed by atoms with Crippen LogP contribution >= 0.6 is 11.6 Å². The molecule has 0 radical (unpaired) electrons.